The maximum absolute atomic E-state index is 6.79. The molecule has 1 fully saturated rings. The minimum absolute atomic E-state index is 0.359. The van der Waals surface area contributed by atoms with Gasteiger partial charge in [-0.05, 0) is 18.1 Å². The van der Waals surface area contributed by atoms with Gasteiger partial charge in [-0.25, -0.2) is 4.90 Å². The third kappa shape index (κ3) is 3.69. The van der Waals surface area contributed by atoms with Gasteiger partial charge in [-0.3, -0.25) is 0 Å². The number of nitrogens with zero attached hydrogens (tertiary/aromatic N) is 1. The van der Waals surface area contributed by atoms with E-state index in [0.29, 0.717) is 13.2 Å². The highest BCUT2D eigenvalue weighted by Crippen LogP contribution is 2.35. The van der Waals surface area contributed by atoms with E-state index in [2.05, 4.69) is 30.0 Å². The van der Waals surface area contributed by atoms with Crippen molar-refractivity contribution in [3.05, 3.63) is 54.6 Å². The second kappa shape index (κ2) is 7.35. The molecule has 1 saturated heterocycles. The minimum atomic E-state index is -0.945. The van der Waals surface area contributed by atoms with E-state index in [1.54, 1.807) is 0 Å². The summed E-state index contributed by atoms with van der Waals surface area (Å²) in [6, 6.07) is 18.2. The second-order valence-electron chi connectivity index (χ2n) is 5.69. The van der Waals surface area contributed by atoms with Gasteiger partial charge in [0.15, 0.2) is 0 Å². The number of hydrogen-bond acceptors (Lipinski definition) is 3. The number of hydrogen-bond donors (Lipinski definition) is 0. The fourth-order valence-corrected chi connectivity index (χ4v) is 3.18. The summed E-state index contributed by atoms with van der Waals surface area (Å²) >= 11 is 6.79. The first-order valence-corrected chi connectivity index (χ1v) is 8.46. The quantitative estimate of drug-likeness (QED) is 0.600. The second-order valence-corrected chi connectivity index (χ2v) is 6.28. The number of benzene rings is 2. The minimum Gasteiger partial charge on any atom is -0.455 e. The zero-order valence-corrected chi connectivity index (χ0v) is 14.1. The summed E-state index contributed by atoms with van der Waals surface area (Å²) in [6.45, 7) is 4.87. The first-order valence-electron chi connectivity index (χ1n) is 8.08. The summed E-state index contributed by atoms with van der Waals surface area (Å²) in [6.07, 6.45) is 1.03. The highest BCUT2D eigenvalue weighted by molar-refractivity contribution is 6.23. The van der Waals surface area contributed by atoms with Crippen LogP contribution in [0.15, 0.2) is 54.6 Å². The lowest BCUT2D eigenvalue weighted by Crippen LogP contribution is -2.57. The van der Waals surface area contributed by atoms with Crippen LogP contribution < -0.4 is 4.74 Å². The van der Waals surface area contributed by atoms with Gasteiger partial charge in [0.1, 0.15) is 12.4 Å². The van der Waals surface area contributed by atoms with Crippen molar-refractivity contribution in [3.63, 3.8) is 0 Å². The zero-order chi connectivity index (χ0) is 16.1. The molecule has 0 amide bonds. The van der Waals surface area contributed by atoms with Crippen molar-refractivity contribution in [2.45, 2.75) is 18.5 Å². The van der Waals surface area contributed by atoms with Gasteiger partial charge in [-0.15, -0.1) is 0 Å². The molecule has 0 spiro atoms. The summed E-state index contributed by atoms with van der Waals surface area (Å²) in [5, 5.41) is -0.945. The zero-order valence-electron chi connectivity index (χ0n) is 13.4. The molecule has 0 radical (unpaired) electrons. The molecule has 23 heavy (non-hydrogen) atoms. The molecule has 0 aliphatic carbocycles. The Hall–Kier alpha value is -1.55. The van der Waals surface area contributed by atoms with Crippen molar-refractivity contribution in [1.29, 1.82) is 0 Å². The van der Waals surface area contributed by atoms with Crippen LogP contribution >= 0.6 is 11.6 Å². The maximum Gasteiger partial charge on any atom is 0.264 e. The lowest BCUT2D eigenvalue weighted by atomic mass is 10.0. The topological polar surface area (TPSA) is 21.7 Å². The Kier molecular flexibility index (Phi) is 5.21. The fraction of sp³-hybridized carbons (Fsp3) is 0.368. The summed E-state index contributed by atoms with van der Waals surface area (Å²) in [7, 11) is 0. The molecule has 0 N–H and O–H groups in total. The molecule has 2 aromatic carbocycles. The maximum atomic E-state index is 6.79. The monoisotopic (exact) mass is 331 g/mol. The van der Waals surface area contributed by atoms with Crippen LogP contribution in [0.25, 0.3) is 11.1 Å². The van der Waals surface area contributed by atoms with Crippen LogP contribution in [0.4, 0.5) is 0 Å². The number of para-hydroxylation sites is 1. The van der Waals surface area contributed by atoms with Gasteiger partial charge >= 0.3 is 0 Å². The number of ether oxygens (including phenoxy) is 2. The molecule has 1 aliphatic heterocycles. The van der Waals surface area contributed by atoms with E-state index >= 15 is 0 Å². The van der Waals surface area contributed by atoms with Crippen LogP contribution in [0.1, 0.15) is 13.3 Å². The van der Waals surface area contributed by atoms with Crippen LogP contribution in [-0.2, 0) is 4.74 Å². The molecular weight excluding hydrogens is 310 g/mol. The van der Waals surface area contributed by atoms with Crippen molar-refractivity contribution in [2.75, 3.05) is 26.3 Å². The van der Waals surface area contributed by atoms with E-state index in [1.165, 1.54) is 0 Å². The summed E-state index contributed by atoms with van der Waals surface area (Å²) in [5.74, 6) is 0.778. The summed E-state index contributed by atoms with van der Waals surface area (Å²) < 4.78 is 11.8. The van der Waals surface area contributed by atoms with E-state index in [0.717, 1.165) is 36.4 Å². The van der Waals surface area contributed by atoms with E-state index < -0.39 is 5.18 Å². The van der Waals surface area contributed by atoms with Gasteiger partial charge in [-0.1, -0.05) is 67.1 Å². The molecule has 3 rings (SSSR count). The fourth-order valence-electron chi connectivity index (χ4n) is 2.85. The van der Waals surface area contributed by atoms with Crippen LogP contribution in [0.2, 0.25) is 0 Å². The number of rotatable bonds is 5. The molecule has 1 unspecified atom stereocenters. The van der Waals surface area contributed by atoms with Gasteiger partial charge in [0.25, 0.3) is 5.18 Å². The van der Waals surface area contributed by atoms with Crippen LogP contribution in [0, 0.1) is 0 Å². The van der Waals surface area contributed by atoms with E-state index in [-0.39, 0.29) is 0 Å². The highest BCUT2D eigenvalue weighted by atomic mass is 35.5. The van der Waals surface area contributed by atoms with Crippen molar-refractivity contribution >= 4 is 11.6 Å². The standard InChI is InChI=1S/C19H22ClNO2/c1-2-12-21-13-14-22-15-19(21,20)23-18-11-7-6-10-17(18)16-8-4-3-5-9-16/h3-11H,2,12-15H2,1H3. The number of alkyl halides is 1. The van der Waals surface area contributed by atoms with E-state index in [9.17, 15) is 0 Å². The average Bonchev–Trinajstić information content (AvgIpc) is 2.58. The molecule has 1 aliphatic rings. The SMILES string of the molecule is CCCN1CCOCC1(Cl)Oc1ccccc1-c1ccccc1. The molecule has 4 heteroatoms. The molecule has 3 nitrogen and oxygen atoms in total. The van der Waals surface area contributed by atoms with Crippen molar-refractivity contribution in [2.24, 2.45) is 0 Å². The Morgan fingerprint density at radius 3 is 2.65 bits per heavy atom. The molecule has 0 saturated carbocycles. The number of morpholine rings is 1. The molecule has 122 valence electrons. The van der Waals surface area contributed by atoms with Crippen molar-refractivity contribution < 1.29 is 9.47 Å². The highest BCUT2D eigenvalue weighted by Gasteiger charge is 2.40. The van der Waals surface area contributed by atoms with Crippen LogP contribution in [-0.4, -0.2) is 36.4 Å². The van der Waals surface area contributed by atoms with Crippen LogP contribution in [0.5, 0.6) is 5.75 Å². The molecule has 0 aromatic heterocycles. The lowest BCUT2D eigenvalue weighted by Gasteiger charge is -2.42. The lowest BCUT2D eigenvalue weighted by molar-refractivity contribution is -0.120. The van der Waals surface area contributed by atoms with Gasteiger partial charge in [0.05, 0.1) is 6.61 Å². The van der Waals surface area contributed by atoms with Gasteiger partial charge in [0, 0.05) is 18.7 Å². The van der Waals surface area contributed by atoms with Crippen molar-refractivity contribution in [1.82, 2.24) is 4.90 Å². The van der Waals surface area contributed by atoms with Crippen molar-refractivity contribution in [3.8, 4) is 16.9 Å². The first-order chi connectivity index (χ1) is 11.2. The van der Waals surface area contributed by atoms with Gasteiger partial charge in [0.2, 0.25) is 0 Å². The Balaban J connectivity index is 1.90. The predicted octanol–water partition coefficient (Wildman–Crippen LogP) is 4.37. The normalized spacial score (nSPS) is 22.0. The summed E-state index contributed by atoms with van der Waals surface area (Å²) in [5.41, 5.74) is 2.15. The van der Waals surface area contributed by atoms with Gasteiger partial charge < -0.3 is 9.47 Å². The first kappa shape index (κ1) is 16.3. The van der Waals surface area contributed by atoms with Crippen LogP contribution in [0.3, 0.4) is 0 Å². The average molecular weight is 332 g/mol. The van der Waals surface area contributed by atoms with E-state index in [1.807, 2.05) is 36.4 Å². The molecular formula is C19H22ClNO2. The third-order valence-electron chi connectivity index (χ3n) is 3.99. The Morgan fingerprint density at radius 1 is 1.13 bits per heavy atom. The molecule has 0 bridgehead atoms. The summed E-state index contributed by atoms with van der Waals surface area (Å²) in [4.78, 5) is 2.15. The largest absolute Gasteiger partial charge is 0.455 e. The smallest absolute Gasteiger partial charge is 0.264 e. The third-order valence-corrected chi connectivity index (χ3v) is 4.41. The van der Waals surface area contributed by atoms with E-state index in [4.69, 9.17) is 21.1 Å². The predicted molar refractivity (Wildman–Crippen MR) is 93.8 cm³/mol. The number of halogens is 1. The van der Waals surface area contributed by atoms with Gasteiger partial charge in [-0.2, -0.15) is 0 Å². The Labute approximate surface area is 142 Å². The molecule has 1 atom stereocenters. The molecule has 1 heterocycles. The Bertz CT molecular complexity index is 632. The Morgan fingerprint density at radius 2 is 1.87 bits per heavy atom. The molecule has 2 aromatic rings.